The maximum atomic E-state index is 13.5. The van der Waals surface area contributed by atoms with Gasteiger partial charge in [-0.2, -0.15) is 0 Å². The first-order valence-corrected chi connectivity index (χ1v) is 9.47. The van der Waals surface area contributed by atoms with Crippen molar-refractivity contribution in [3.05, 3.63) is 87.9 Å². The number of carbonyl (C=O) groups is 1. The molecule has 0 saturated heterocycles. The molecule has 1 amide bonds. The van der Waals surface area contributed by atoms with Gasteiger partial charge in [-0.3, -0.25) is 14.6 Å². The van der Waals surface area contributed by atoms with Crippen LogP contribution in [0.1, 0.15) is 24.6 Å². The Morgan fingerprint density at radius 2 is 1.90 bits per heavy atom. The van der Waals surface area contributed by atoms with Crippen molar-refractivity contribution in [2.45, 2.75) is 26.3 Å². The van der Waals surface area contributed by atoms with E-state index in [1.165, 1.54) is 24.3 Å². The molecule has 0 aliphatic carbocycles. The highest BCUT2D eigenvalue weighted by Gasteiger charge is 2.11. The van der Waals surface area contributed by atoms with E-state index in [2.05, 4.69) is 34.1 Å². The van der Waals surface area contributed by atoms with Crippen LogP contribution in [0.3, 0.4) is 0 Å². The second kappa shape index (κ2) is 11.0. The van der Waals surface area contributed by atoms with E-state index in [-0.39, 0.29) is 24.2 Å². The number of rotatable bonds is 6. The smallest absolute Gasteiger partial charge is 0.252 e. The average molecular weight is 432 g/mol. The van der Waals surface area contributed by atoms with Crippen LogP contribution in [0.4, 0.5) is 13.2 Å². The molecule has 0 spiro atoms. The minimum Gasteiger partial charge on any atom is -0.392 e. The normalized spacial score (nSPS) is 10.2. The molecule has 0 aliphatic heterocycles. The zero-order valence-electron chi connectivity index (χ0n) is 17.2. The van der Waals surface area contributed by atoms with Crippen LogP contribution in [-0.2, 0) is 17.8 Å². The minimum absolute atomic E-state index is 0.121. The molecule has 3 aromatic rings. The van der Waals surface area contributed by atoms with E-state index in [0.717, 1.165) is 18.3 Å². The zero-order chi connectivity index (χ0) is 23.0. The van der Waals surface area contributed by atoms with Gasteiger partial charge in [-0.15, -0.1) is 0 Å². The van der Waals surface area contributed by atoms with Crippen molar-refractivity contribution in [2.24, 2.45) is 0 Å². The SMILES string of the molecule is C=C(CC)NC.O=C(Cc1cc2cc(F)ccc2[nH]c1=O)NCc1ncc(F)cc1F. The Labute approximate surface area is 177 Å². The van der Waals surface area contributed by atoms with E-state index in [4.69, 9.17) is 0 Å². The third-order valence-electron chi connectivity index (χ3n) is 4.35. The average Bonchev–Trinajstić information content (AvgIpc) is 2.73. The number of benzene rings is 1. The highest BCUT2D eigenvalue weighted by atomic mass is 19.1. The Balaban J connectivity index is 0.000000501. The lowest BCUT2D eigenvalue weighted by molar-refractivity contribution is -0.120. The second-order valence-corrected chi connectivity index (χ2v) is 6.60. The summed E-state index contributed by atoms with van der Waals surface area (Å²) in [5.41, 5.74) is 1.09. The quantitative estimate of drug-likeness (QED) is 0.558. The summed E-state index contributed by atoms with van der Waals surface area (Å²) in [5, 5.41) is 5.78. The molecule has 0 fully saturated rings. The number of fused-ring (bicyclic) bond motifs is 1. The Bertz CT molecular complexity index is 1140. The first kappa shape index (κ1) is 23.7. The topological polar surface area (TPSA) is 86.9 Å². The monoisotopic (exact) mass is 432 g/mol. The molecule has 0 atom stereocenters. The number of hydrogen-bond donors (Lipinski definition) is 3. The summed E-state index contributed by atoms with van der Waals surface area (Å²) in [5.74, 6) is -2.71. The molecular formula is C22H23F3N4O2. The number of amides is 1. The fourth-order valence-corrected chi connectivity index (χ4v) is 2.52. The standard InChI is InChI=1S/C17H12F3N3O2.C5H11N/c18-11-1-2-14-9(4-11)3-10(17(25)23-14)5-16(24)22-8-15-13(20)6-12(19)7-21-15;1-4-5(2)6-3/h1-4,6-7H,5,8H2,(H,22,24)(H,23,25);6H,2,4H2,1,3H3. The minimum atomic E-state index is -0.876. The molecule has 31 heavy (non-hydrogen) atoms. The van der Waals surface area contributed by atoms with Gasteiger partial charge in [-0.1, -0.05) is 13.5 Å². The number of H-pyrrole nitrogens is 1. The van der Waals surface area contributed by atoms with Crippen LogP contribution in [0, 0.1) is 17.5 Å². The van der Waals surface area contributed by atoms with Gasteiger partial charge in [0.1, 0.15) is 17.5 Å². The number of aromatic nitrogens is 2. The van der Waals surface area contributed by atoms with Crippen LogP contribution < -0.4 is 16.2 Å². The molecule has 3 N–H and O–H groups in total. The van der Waals surface area contributed by atoms with Gasteiger partial charge in [-0.25, -0.2) is 13.2 Å². The Morgan fingerprint density at radius 1 is 1.16 bits per heavy atom. The summed E-state index contributed by atoms with van der Waals surface area (Å²) in [4.78, 5) is 30.0. The number of halogens is 3. The van der Waals surface area contributed by atoms with E-state index in [1.807, 2.05) is 7.05 Å². The van der Waals surface area contributed by atoms with Crippen molar-refractivity contribution < 1.29 is 18.0 Å². The second-order valence-electron chi connectivity index (χ2n) is 6.60. The van der Waals surface area contributed by atoms with E-state index in [0.29, 0.717) is 17.0 Å². The van der Waals surface area contributed by atoms with Crippen LogP contribution >= 0.6 is 0 Å². The Morgan fingerprint density at radius 3 is 2.52 bits per heavy atom. The zero-order valence-corrected chi connectivity index (χ0v) is 17.2. The molecule has 164 valence electrons. The number of carbonyl (C=O) groups excluding carboxylic acids is 1. The van der Waals surface area contributed by atoms with E-state index < -0.39 is 28.9 Å². The molecule has 0 aliphatic rings. The fraction of sp³-hybridized carbons (Fsp3) is 0.227. The predicted octanol–water partition coefficient (Wildman–Crippen LogP) is 3.33. The van der Waals surface area contributed by atoms with Gasteiger partial charge in [-0.05, 0) is 30.7 Å². The van der Waals surface area contributed by atoms with Gasteiger partial charge in [0.05, 0.1) is 24.9 Å². The van der Waals surface area contributed by atoms with E-state index >= 15 is 0 Å². The lowest BCUT2D eigenvalue weighted by Gasteiger charge is -2.06. The lowest BCUT2D eigenvalue weighted by atomic mass is 10.1. The van der Waals surface area contributed by atoms with E-state index in [1.54, 1.807) is 0 Å². The molecule has 9 heteroatoms. The van der Waals surface area contributed by atoms with Gasteiger partial charge in [0, 0.05) is 35.3 Å². The number of pyridine rings is 2. The predicted molar refractivity (Wildman–Crippen MR) is 113 cm³/mol. The molecule has 2 aromatic heterocycles. The summed E-state index contributed by atoms with van der Waals surface area (Å²) in [6, 6.07) is 5.98. The summed E-state index contributed by atoms with van der Waals surface area (Å²) < 4.78 is 39.5. The third kappa shape index (κ3) is 6.98. The lowest BCUT2D eigenvalue weighted by Crippen LogP contribution is -2.28. The van der Waals surface area contributed by atoms with Gasteiger partial charge >= 0.3 is 0 Å². The van der Waals surface area contributed by atoms with Gasteiger partial charge in [0.15, 0.2) is 0 Å². The van der Waals surface area contributed by atoms with Crippen molar-refractivity contribution >= 4 is 16.8 Å². The molecular weight excluding hydrogens is 409 g/mol. The van der Waals surface area contributed by atoms with Crippen molar-refractivity contribution in [3.63, 3.8) is 0 Å². The molecule has 0 unspecified atom stereocenters. The number of allylic oxidation sites excluding steroid dienone is 1. The highest BCUT2D eigenvalue weighted by molar-refractivity contribution is 5.82. The maximum Gasteiger partial charge on any atom is 0.252 e. The first-order chi connectivity index (χ1) is 14.7. The summed E-state index contributed by atoms with van der Waals surface area (Å²) in [6.45, 7) is 5.50. The van der Waals surface area contributed by atoms with Crippen molar-refractivity contribution in [2.75, 3.05) is 7.05 Å². The molecule has 1 aromatic carbocycles. The fourth-order valence-electron chi connectivity index (χ4n) is 2.52. The molecule has 6 nitrogen and oxygen atoms in total. The summed E-state index contributed by atoms with van der Waals surface area (Å²) in [7, 11) is 1.88. The van der Waals surface area contributed by atoms with Crippen LogP contribution in [-0.4, -0.2) is 22.9 Å². The van der Waals surface area contributed by atoms with Crippen molar-refractivity contribution in [1.29, 1.82) is 0 Å². The summed E-state index contributed by atoms with van der Waals surface area (Å²) in [6.07, 6.45) is 1.59. The van der Waals surface area contributed by atoms with Gasteiger partial charge < -0.3 is 15.6 Å². The summed E-state index contributed by atoms with van der Waals surface area (Å²) >= 11 is 0. The third-order valence-corrected chi connectivity index (χ3v) is 4.35. The van der Waals surface area contributed by atoms with Crippen molar-refractivity contribution in [1.82, 2.24) is 20.6 Å². The largest absolute Gasteiger partial charge is 0.392 e. The molecule has 0 saturated carbocycles. The number of hydrogen-bond acceptors (Lipinski definition) is 4. The van der Waals surface area contributed by atoms with Gasteiger partial charge in [0.2, 0.25) is 5.91 Å². The number of nitrogens with zero attached hydrogens (tertiary/aromatic N) is 1. The first-order valence-electron chi connectivity index (χ1n) is 9.47. The number of aromatic amines is 1. The molecule has 3 rings (SSSR count). The van der Waals surface area contributed by atoms with Crippen molar-refractivity contribution in [3.8, 4) is 0 Å². The van der Waals surface area contributed by atoms with Crippen LogP contribution in [0.5, 0.6) is 0 Å². The van der Waals surface area contributed by atoms with Crippen LogP contribution in [0.15, 0.2) is 53.6 Å². The molecule has 0 bridgehead atoms. The van der Waals surface area contributed by atoms with Crippen LogP contribution in [0.2, 0.25) is 0 Å². The highest BCUT2D eigenvalue weighted by Crippen LogP contribution is 2.13. The molecule has 2 heterocycles. The van der Waals surface area contributed by atoms with Crippen LogP contribution in [0.25, 0.3) is 10.9 Å². The molecule has 0 radical (unpaired) electrons. The van der Waals surface area contributed by atoms with E-state index in [9.17, 15) is 22.8 Å². The maximum absolute atomic E-state index is 13.5. The Kier molecular flexibility index (Phi) is 8.36. The van der Waals surface area contributed by atoms with Gasteiger partial charge in [0.25, 0.3) is 5.56 Å². The number of nitrogens with one attached hydrogen (secondary N) is 3. The Hall–Kier alpha value is -3.62.